The summed E-state index contributed by atoms with van der Waals surface area (Å²) < 4.78 is 21.1. The first-order chi connectivity index (χ1) is 12.8. The number of nitrogens with zero attached hydrogens (tertiary/aromatic N) is 3. The van der Waals surface area contributed by atoms with E-state index in [9.17, 15) is 4.39 Å². The molecule has 0 saturated carbocycles. The number of ether oxygens (including phenoxy) is 1. The number of hydrogen-bond donors (Lipinski definition) is 0. The van der Waals surface area contributed by atoms with Gasteiger partial charge in [0, 0.05) is 31.0 Å². The summed E-state index contributed by atoms with van der Waals surface area (Å²) >= 11 is 0. The Morgan fingerprint density at radius 3 is 2.96 bits per heavy atom. The molecule has 0 unspecified atom stereocenters. The summed E-state index contributed by atoms with van der Waals surface area (Å²) in [5.74, 6) is 1.88. The van der Waals surface area contributed by atoms with Crippen molar-refractivity contribution in [3.05, 3.63) is 36.4 Å². The van der Waals surface area contributed by atoms with E-state index in [4.69, 9.17) is 4.74 Å². The highest BCUT2D eigenvalue weighted by atomic mass is 19.1. The summed E-state index contributed by atoms with van der Waals surface area (Å²) in [4.78, 5) is 7.24. The maximum atomic E-state index is 13.5. The maximum absolute atomic E-state index is 13.5. The van der Waals surface area contributed by atoms with Gasteiger partial charge in [-0.3, -0.25) is 0 Å². The molecular weight excluding hydrogens is 329 g/mol. The van der Waals surface area contributed by atoms with Gasteiger partial charge in [0.05, 0.1) is 12.7 Å². The summed E-state index contributed by atoms with van der Waals surface area (Å²) in [5, 5.41) is 0. The molecule has 0 amide bonds. The number of halogens is 1. The number of aromatic nitrogens is 2. The van der Waals surface area contributed by atoms with Crippen molar-refractivity contribution in [2.75, 3.05) is 20.2 Å². The van der Waals surface area contributed by atoms with E-state index in [0.717, 1.165) is 29.9 Å². The summed E-state index contributed by atoms with van der Waals surface area (Å²) in [6, 6.07) is 5.42. The average molecular weight is 357 g/mol. The van der Waals surface area contributed by atoms with Crippen molar-refractivity contribution in [3.63, 3.8) is 0 Å². The summed E-state index contributed by atoms with van der Waals surface area (Å²) in [6.07, 6.45) is 11.8. The molecule has 2 saturated heterocycles. The number of methoxy groups -OCH3 is 1. The Labute approximate surface area is 155 Å². The largest absolute Gasteiger partial charge is 0.496 e. The van der Waals surface area contributed by atoms with E-state index < -0.39 is 0 Å². The van der Waals surface area contributed by atoms with Crippen LogP contribution in [0.2, 0.25) is 0 Å². The molecule has 4 rings (SSSR count). The standard InChI is InChI=1S/C21H28FN3O/c1-26-20-15-17(22)7-8-18(20)21-23-10-14-25(21)13-9-16-5-4-12-24-11-3-2-6-19(16)24/h7-8,10,14-16,19H,2-6,9,11-13H2,1H3/t16-,19+/m0/s1. The Balaban J connectivity index is 1.49. The Kier molecular flexibility index (Phi) is 5.25. The Morgan fingerprint density at radius 2 is 2.08 bits per heavy atom. The first-order valence-electron chi connectivity index (χ1n) is 9.85. The van der Waals surface area contributed by atoms with Gasteiger partial charge in [0.25, 0.3) is 0 Å². The zero-order valence-corrected chi connectivity index (χ0v) is 15.5. The lowest BCUT2D eigenvalue weighted by Crippen LogP contribution is -2.48. The lowest BCUT2D eigenvalue weighted by atomic mass is 9.81. The minimum Gasteiger partial charge on any atom is -0.496 e. The number of benzene rings is 1. The molecule has 2 aliphatic heterocycles. The predicted molar refractivity (Wildman–Crippen MR) is 101 cm³/mol. The first-order valence-corrected chi connectivity index (χ1v) is 9.85. The SMILES string of the molecule is COc1cc(F)ccc1-c1nccn1CC[C@@H]1CCCN2CCCC[C@H]12. The van der Waals surface area contributed by atoms with Crippen LogP contribution in [-0.4, -0.2) is 40.7 Å². The van der Waals surface area contributed by atoms with Crippen LogP contribution in [0.25, 0.3) is 11.4 Å². The fourth-order valence-electron chi connectivity index (χ4n) is 4.80. The Bertz CT molecular complexity index is 743. The van der Waals surface area contributed by atoms with Crippen molar-refractivity contribution >= 4 is 0 Å². The van der Waals surface area contributed by atoms with Gasteiger partial charge in [0.15, 0.2) is 0 Å². The third kappa shape index (κ3) is 3.50. The van der Waals surface area contributed by atoms with E-state index in [-0.39, 0.29) is 5.82 Å². The molecule has 2 atom stereocenters. The average Bonchev–Trinajstić information content (AvgIpc) is 3.14. The van der Waals surface area contributed by atoms with E-state index in [2.05, 4.69) is 14.5 Å². The summed E-state index contributed by atoms with van der Waals surface area (Å²) in [7, 11) is 1.57. The van der Waals surface area contributed by atoms with Crippen molar-refractivity contribution in [2.45, 2.75) is 51.1 Å². The van der Waals surface area contributed by atoms with Crippen LogP contribution >= 0.6 is 0 Å². The molecule has 0 radical (unpaired) electrons. The van der Waals surface area contributed by atoms with Crippen LogP contribution in [0.4, 0.5) is 4.39 Å². The van der Waals surface area contributed by atoms with Gasteiger partial charge in [-0.1, -0.05) is 6.42 Å². The molecule has 2 fully saturated rings. The summed E-state index contributed by atoms with van der Waals surface area (Å²) in [6.45, 7) is 3.51. The monoisotopic (exact) mass is 357 g/mol. The third-order valence-corrected chi connectivity index (χ3v) is 6.09. The highest BCUT2D eigenvalue weighted by Crippen LogP contribution is 2.34. The molecule has 4 nitrogen and oxygen atoms in total. The van der Waals surface area contributed by atoms with Crippen molar-refractivity contribution in [1.82, 2.24) is 14.5 Å². The second-order valence-corrected chi connectivity index (χ2v) is 7.58. The van der Waals surface area contributed by atoms with Gasteiger partial charge in [-0.25, -0.2) is 9.37 Å². The number of fused-ring (bicyclic) bond motifs is 1. The Morgan fingerprint density at radius 1 is 1.19 bits per heavy atom. The lowest BCUT2D eigenvalue weighted by molar-refractivity contribution is 0.0539. The van der Waals surface area contributed by atoms with Crippen LogP contribution in [0.1, 0.15) is 38.5 Å². The number of imidazole rings is 1. The third-order valence-electron chi connectivity index (χ3n) is 6.09. The van der Waals surface area contributed by atoms with Crippen molar-refractivity contribution in [1.29, 1.82) is 0 Å². The van der Waals surface area contributed by atoms with Gasteiger partial charge in [0.1, 0.15) is 17.4 Å². The van der Waals surface area contributed by atoms with Crippen LogP contribution in [0.15, 0.2) is 30.6 Å². The van der Waals surface area contributed by atoms with Crippen LogP contribution in [0, 0.1) is 11.7 Å². The molecule has 2 aliphatic rings. The maximum Gasteiger partial charge on any atom is 0.143 e. The van der Waals surface area contributed by atoms with Gasteiger partial charge in [-0.15, -0.1) is 0 Å². The molecule has 1 aromatic carbocycles. The fraction of sp³-hybridized carbons (Fsp3) is 0.571. The zero-order chi connectivity index (χ0) is 17.9. The molecule has 0 aliphatic carbocycles. The van der Waals surface area contributed by atoms with Gasteiger partial charge >= 0.3 is 0 Å². The quantitative estimate of drug-likeness (QED) is 0.797. The van der Waals surface area contributed by atoms with E-state index in [1.54, 1.807) is 13.2 Å². The molecule has 0 spiro atoms. The van der Waals surface area contributed by atoms with E-state index in [0.29, 0.717) is 5.75 Å². The summed E-state index contributed by atoms with van der Waals surface area (Å²) in [5.41, 5.74) is 0.849. The van der Waals surface area contributed by atoms with Crippen LogP contribution in [0.3, 0.4) is 0 Å². The normalized spacial score (nSPS) is 23.6. The van der Waals surface area contributed by atoms with E-state index in [1.165, 1.54) is 63.7 Å². The molecule has 0 N–H and O–H groups in total. The minimum absolute atomic E-state index is 0.289. The van der Waals surface area contributed by atoms with E-state index >= 15 is 0 Å². The van der Waals surface area contributed by atoms with Crippen LogP contribution < -0.4 is 4.74 Å². The molecule has 140 valence electrons. The fourth-order valence-corrected chi connectivity index (χ4v) is 4.80. The molecule has 26 heavy (non-hydrogen) atoms. The second kappa shape index (κ2) is 7.78. The zero-order valence-electron chi connectivity index (χ0n) is 15.5. The number of rotatable bonds is 5. The molecule has 5 heteroatoms. The van der Waals surface area contributed by atoms with Crippen molar-refractivity contribution in [2.24, 2.45) is 5.92 Å². The number of aryl methyl sites for hydroxylation is 1. The highest BCUT2D eigenvalue weighted by Gasteiger charge is 2.32. The number of hydrogen-bond acceptors (Lipinski definition) is 3. The highest BCUT2D eigenvalue weighted by molar-refractivity contribution is 5.64. The minimum atomic E-state index is -0.289. The molecule has 0 bridgehead atoms. The molecule has 1 aromatic heterocycles. The van der Waals surface area contributed by atoms with Crippen LogP contribution in [0.5, 0.6) is 5.75 Å². The molecule has 3 heterocycles. The second-order valence-electron chi connectivity index (χ2n) is 7.58. The van der Waals surface area contributed by atoms with Gasteiger partial charge in [0.2, 0.25) is 0 Å². The van der Waals surface area contributed by atoms with E-state index in [1.807, 2.05) is 12.4 Å². The van der Waals surface area contributed by atoms with Crippen molar-refractivity contribution in [3.8, 4) is 17.1 Å². The van der Waals surface area contributed by atoms with Gasteiger partial charge in [-0.05, 0) is 63.2 Å². The van der Waals surface area contributed by atoms with Gasteiger partial charge < -0.3 is 14.2 Å². The topological polar surface area (TPSA) is 30.3 Å². The van der Waals surface area contributed by atoms with Crippen LogP contribution in [-0.2, 0) is 6.54 Å². The Hall–Kier alpha value is -1.88. The van der Waals surface area contributed by atoms with Crippen molar-refractivity contribution < 1.29 is 9.13 Å². The predicted octanol–water partition coefficient (Wildman–Crippen LogP) is 4.35. The smallest absolute Gasteiger partial charge is 0.143 e. The van der Waals surface area contributed by atoms with Gasteiger partial charge in [-0.2, -0.15) is 0 Å². The number of piperidine rings is 2. The molecule has 2 aromatic rings. The lowest BCUT2D eigenvalue weighted by Gasteiger charge is -2.44. The first kappa shape index (κ1) is 17.5. The molecular formula is C21H28FN3O.